The third-order valence-corrected chi connectivity index (χ3v) is 5.80. The number of piperidine rings is 1. The number of nitrogens with two attached hydrogens (primary N) is 1. The van der Waals surface area contributed by atoms with Crippen LogP contribution in [0.5, 0.6) is 0 Å². The van der Waals surface area contributed by atoms with Crippen molar-refractivity contribution < 1.29 is 14.3 Å². The second-order valence-electron chi connectivity index (χ2n) is 7.70. The minimum absolute atomic E-state index is 0.172. The molecule has 2 aliphatic rings. The van der Waals surface area contributed by atoms with Crippen molar-refractivity contribution in [2.24, 2.45) is 17.8 Å². The van der Waals surface area contributed by atoms with E-state index in [1.54, 1.807) is 6.20 Å². The van der Waals surface area contributed by atoms with Gasteiger partial charge in [0.15, 0.2) is 11.5 Å². The molecular weight excluding hydrogens is 386 g/mol. The first-order chi connectivity index (χ1) is 14.5. The Kier molecular flexibility index (Phi) is 4.35. The van der Waals surface area contributed by atoms with Crippen LogP contribution in [-0.2, 0) is 11.3 Å². The Morgan fingerprint density at radius 3 is 2.60 bits per heavy atom. The molecule has 0 bridgehead atoms. The van der Waals surface area contributed by atoms with Crippen LogP contribution in [0.15, 0.2) is 34.9 Å². The maximum absolute atomic E-state index is 11.2. The van der Waals surface area contributed by atoms with Gasteiger partial charge in [0.25, 0.3) is 5.89 Å². The summed E-state index contributed by atoms with van der Waals surface area (Å²) in [4.78, 5) is 22.0. The summed E-state index contributed by atoms with van der Waals surface area (Å²) >= 11 is 0. The molecule has 5 rings (SSSR count). The highest BCUT2D eigenvalue weighted by molar-refractivity contribution is 5.75. The van der Waals surface area contributed by atoms with E-state index >= 15 is 0 Å². The van der Waals surface area contributed by atoms with Gasteiger partial charge in [0, 0.05) is 25.2 Å². The van der Waals surface area contributed by atoms with E-state index in [0.717, 1.165) is 17.7 Å². The lowest BCUT2D eigenvalue weighted by Gasteiger charge is -2.20. The SMILES string of the molecule is CNCc1ccc(-c2nnc(-c3nc(N4CC5C(C(=O)O)[C@@H]5C4)cnc3N)o2)cc1. The molecule has 0 radical (unpaired) electrons. The van der Waals surface area contributed by atoms with E-state index in [2.05, 4.69) is 25.5 Å². The number of carboxylic acids is 1. The van der Waals surface area contributed by atoms with Crippen LogP contribution in [0.4, 0.5) is 11.6 Å². The Bertz CT molecular complexity index is 1090. The first kappa shape index (κ1) is 18.5. The van der Waals surface area contributed by atoms with Gasteiger partial charge in [-0.1, -0.05) is 12.1 Å². The Hall–Kier alpha value is -3.53. The van der Waals surface area contributed by atoms with Crippen LogP contribution >= 0.6 is 0 Å². The zero-order valence-corrected chi connectivity index (χ0v) is 16.3. The Morgan fingerprint density at radius 2 is 1.93 bits per heavy atom. The monoisotopic (exact) mass is 407 g/mol. The first-order valence-electron chi connectivity index (χ1n) is 9.73. The lowest BCUT2D eigenvalue weighted by molar-refractivity contribution is -0.139. The Labute approximate surface area is 172 Å². The van der Waals surface area contributed by atoms with E-state index in [-0.39, 0.29) is 29.5 Å². The van der Waals surface area contributed by atoms with E-state index in [4.69, 9.17) is 10.2 Å². The van der Waals surface area contributed by atoms with Gasteiger partial charge in [0.2, 0.25) is 5.89 Å². The summed E-state index contributed by atoms with van der Waals surface area (Å²) in [6.45, 7) is 2.07. The minimum Gasteiger partial charge on any atom is -0.481 e. The van der Waals surface area contributed by atoms with E-state index in [1.807, 2.05) is 36.2 Å². The van der Waals surface area contributed by atoms with Crippen LogP contribution in [0.3, 0.4) is 0 Å². The van der Waals surface area contributed by atoms with Gasteiger partial charge in [-0.3, -0.25) is 4.79 Å². The number of hydrogen-bond donors (Lipinski definition) is 3. The number of nitrogens with zero attached hydrogens (tertiary/aromatic N) is 5. The molecule has 30 heavy (non-hydrogen) atoms. The fraction of sp³-hybridized carbons (Fsp3) is 0.350. The topological polar surface area (TPSA) is 143 Å². The van der Waals surface area contributed by atoms with Crippen LogP contribution in [0.1, 0.15) is 5.56 Å². The van der Waals surface area contributed by atoms with Gasteiger partial charge in [0.05, 0.1) is 12.1 Å². The molecule has 2 aromatic heterocycles. The lowest BCUT2D eigenvalue weighted by Crippen LogP contribution is -2.27. The third kappa shape index (κ3) is 3.14. The molecule has 1 saturated heterocycles. The van der Waals surface area contributed by atoms with Crippen molar-refractivity contribution in [2.45, 2.75) is 6.54 Å². The number of nitrogen functional groups attached to an aromatic ring is 1. The van der Waals surface area contributed by atoms with Gasteiger partial charge in [-0.15, -0.1) is 10.2 Å². The van der Waals surface area contributed by atoms with E-state index in [0.29, 0.717) is 30.5 Å². The van der Waals surface area contributed by atoms with Crippen molar-refractivity contribution >= 4 is 17.6 Å². The zero-order valence-electron chi connectivity index (χ0n) is 16.3. The highest BCUT2D eigenvalue weighted by Crippen LogP contribution is 2.52. The summed E-state index contributed by atoms with van der Waals surface area (Å²) in [5.74, 6) is 0.796. The van der Waals surface area contributed by atoms with Crippen molar-refractivity contribution in [3.8, 4) is 23.0 Å². The summed E-state index contributed by atoms with van der Waals surface area (Å²) in [6, 6.07) is 7.83. The van der Waals surface area contributed by atoms with Gasteiger partial charge < -0.3 is 25.5 Å². The quantitative estimate of drug-likeness (QED) is 0.546. The molecule has 1 aliphatic carbocycles. The van der Waals surface area contributed by atoms with Crippen LogP contribution in [0.25, 0.3) is 23.0 Å². The molecule has 1 aliphatic heterocycles. The lowest BCUT2D eigenvalue weighted by atomic mass is 10.1. The maximum atomic E-state index is 11.2. The van der Waals surface area contributed by atoms with E-state index in [1.165, 1.54) is 0 Å². The molecule has 0 spiro atoms. The molecule has 3 aromatic rings. The standard InChI is InChI=1S/C20H21N7O3/c1-22-6-10-2-4-11(5-3-10)18-25-26-19(30-18)16-17(21)23-7-14(24-16)27-8-12-13(9-27)15(12)20(28)29/h2-5,7,12-13,15,22H,6,8-9H2,1H3,(H2,21,23)(H,28,29)/t12-,13?,15?/m1/s1. The molecule has 3 heterocycles. The summed E-state index contributed by atoms with van der Waals surface area (Å²) in [6.07, 6.45) is 1.59. The highest BCUT2D eigenvalue weighted by atomic mass is 16.4. The molecular formula is C20H21N7O3. The van der Waals surface area contributed by atoms with Crippen LogP contribution in [0.2, 0.25) is 0 Å². The number of hydrogen-bond acceptors (Lipinski definition) is 9. The highest BCUT2D eigenvalue weighted by Gasteiger charge is 2.60. The minimum atomic E-state index is -0.717. The molecule has 3 atom stereocenters. The van der Waals surface area contributed by atoms with Crippen molar-refractivity contribution in [1.29, 1.82) is 0 Å². The normalized spacial score (nSPS) is 22.2. The number of fused-ring (bicyclic) bond motifs is 1. The predicted octanol–water partition coefficient (Wildman–Crippen LogP) is 1.26. The molecule has 10 nitrogen and oxygen atoms in total. The summed E-state index contributed by atoms with van der Waals surface area (Å²) < 4.78 is 5.82. The molecule has 2 unspecified atom stereocenters. The number of aromatic nitrogens is 4. The molecule has 10 heteroatoms. The fourth-order valence-electron chi connectivity index (χ4n) is 4.18. The van der Waals surface area contributed by atoms with Gasteiger partial charge in [0.1, 0.15) is 5.82 Å². The maximum Gasteiger partial charge on any atom is 0.307 e. The summed E-state index contributed by atoms with van der Waals surface area (Å²) in [5, 5.41) is 20.5. The molecule has 1 aromatic carbocycles. The van der Waals surface area contributed by atoms with Crippen LogP contribution in [-0.4, -0.2) is 51.4 Å². The van der Waals surface area contributed by atoms with Gasteiger partial charge in [-0.05, 0) is 36.6 Å². The third-order valence-electron chi connectivity index (χ3n) is 5.80. The summed E-state index contributed by atoms with van der Waals surface area (Å²) in [5.41, 5.74) is 8.29. The smallest absolute Gasteiger partial charge is 0.307 e. The Morgan fingerprint density at radius 1 is 1.23 bits per heavy atom. The molecule has 154 valence electrons. The van der Waals surface area contributed by atoms with Crippen molar-refractivity contribution in [3.63, 3.8) is 0 Å². The number of carboxylic acid groups (broad SMARTS) is 1. The Balaban J connectivity index is 1.36. The van der Waals surface area contributed by atoms with E-state index in [9.17, 15) is 9.90 Å². The second-order valence-corrected chi connectivity index (χ2v) is 7.70. The number of carbonyl (C=O) groups is 1. The number of anilines is 2. The molecule has 2 fully saturated rings. The average molecular weight is 407 g/mol. The van der Waals surface area contributed by atoms with Crippen molar-refractivity contribution in [2.75, 3.05) is 30.8 Å². The number of rotatable bonds is 6. The van der Waals surface area contributed by atoms with E-state index < -0.39 is 5.97 Å². The number of aliphatic carboxylic acids is 1. The fourth-order valence-corrected chi connectivity index (χ4v) is 4.18. The zero-order chi connectivity index (χ0) is 20.8. The number of nitrogens with one attached hydrogen (secondary N) is 1. The van der Waals surface area contributed by atoms with Crippen molar-refractivity contribution in [3.05, 3.63) is 36.0 Å². The second kappa shape index (κ2) is 7.06. The summed E-state index contributed by atoms with van der Waals surface area (Å²) in [7, 11) is 1.90. The number of benzene rings is 1. The predicted molar refractivity (Wildman–Crippen MR) is 108 cm³/mol. The van der Waals surface area contributed by atoms with Gasteiger partial charge in [-0.25, -0.2) is 9.97 Å². The molecule has 4 N–H and O–H groups in total. The van der Waals surface area contributed by atoms with Gasteiger partial charge >= 0.3 is 5.97 Å². The van der Waals surface area contributed by atoms with Crippen LogP contribution in [0, 0.1) is 17.8 Å². The largest absolute Gasteiger partial charge is 0.481 e. The van der Waals surface area contributed by atoms with Crippen molar-refractivity contribution in [1.82, 2.24) is 25.5 Å². The first-order valence-corrected chi connectivity index (χ1v) is 9.73. The van der Waals surface area contributed by atoms with Crippen LogP contribution < -0.4 is 16.0 Å². The molecule has 1 saturated carbocycles. The average Bonchev–Trinajstić information content (AvgIpc) is 3.09. The molecule has 0 amide bonds. The van der Waals surface area contributed by atoms with Gasteiger partial charge in [-0.2, -0.15) is 0 Å².